The van der Waals surface area contributed by atoms with Crippen molar-refractivity contribution in [3.8, 4) is 5.75 Å². The Hall–Kier alpha value is -1.02. The van der Waals surface area contributed by atoms with Crippen LogP contribution in [0.4, 0.5) is 0 Å². The molecule has 0 heterocycles. The van der Waals surface area contributed by atoms with Gasteiger partial charge in [0.2, 0.25) is 0 Å². The van der Waals surface area contributed by atoms with Gasteiger partial charge in [-0.25, -0.2) is 0 Å². The second-order valence-corrected chi connectivity index (χ2v) is 5.68. The van der Waals surface area contributed by atoms with Gasteiger partial charge in [0.15, 0.2) is 0 Å². The zero-order chi connectivity index (χ0) is 13.0. The smallest absolute Gasteiger partial charge is 0.120 e. The topological polar surface area (TPSA) is 32.3 Å². The number of hydrogen-bond donors (Lipinski definition) is 2. The Bertz CT molecular complexity index is 383. The molecule has 2 N–H and O–H groups in total. The molecule has 1 aromatic carbocycles. The van der Waals surface area contributed by atoms with Crippen molar-refractivity contribution in [2.24, 2.45) is 5.92 Å². The maximum Gasteiger partial charge on any atom is 0.120 e. The average molecular weight is 247 g/mol. The van der Waals surface area contributed by atoms with E-state index in [0.29, 0.717) is 5.75 Å². The summed E-state index contributed by atoms with van der Waals surface area (Å²) in [5.74, 6) is 1.34. The molecule has 0 aliphatic heterocycles. The van der Waals surface area contributed by atoms with Crippen molar-refractivity contribution in [2.75, 3.05) is 6.54 Å². The molecule has 0 amide bonds. The zero-order valence-corrected chi connectivity index (χ0v) is 11.6. The minimum Gasteiger partial charge on any atom is -0.508 e. The lowest BCUT2D eigenvalue weighted by atomic mass is 10.0. The summed E-state index contributed by atoms with van der Waals surface area (Å²) < 4.78 is 0. The molecule has 2 nitrogen and oxygen atoms in total. The zero-order valence-electron chi connectivity index (χ0n) is 11.6. The predicted molar refractivity (Wildman–Crippen MR) is 75.8 cm³/mol. The fourth-order valence-corrected chi connectivity index (χ4v) is 2.93. The number of aromatic hydroxyl groups is 1. The van der Waals surface area contributed by atoms with Crippen LogP contribution in [0.2, 0.25) is 0 Å². The molecule has 0 saturated heterocycles. The number of benzene rings is 1. The molecule has 1 saturated carbocycles. The number of hydrogen-bond acceptors (Lipinski definition) is 2. The largest absolute Gasteiger partial charge is 0.508 e. The molecular weight excluding hydrogens is 222 g/mol. The summed E-state index contributed by atoms with van der Waals surface area (Å²) in [6, 6.07) is 6.15. The summed E-state index contributed by atoms with van der Waals surface area (Å²) in [4.78, 5) is 0. The highest BCUT2D eigenvalue weighted by Crippen LogP contribution is 2.28. The van der Waals surface area contributed by atoms with E-state index in [1.165, 1.54) is 32.1 Å². The fraction of sp³-hybridized carbons (Fsp3) is 0.625. The molecule has 1 unspecified atom stereocenters. The Morgan fingerprint density at radius 2 is 2.06 bits per heavy atom. The van der Waals surface area contributed by atoms with Crippen LogP contribution in [0.25, 0.3) is 0 Å². The van der Waals surface area contributed by atoms with E-state index in [1.54, 1.807) is 0 Å². The highest BCUT2D eigenvalue weighted by atomic mass is 16.3. The number of rotatable bonds is 5. The molecule has 2 rings (SSSR count). The summed E-state index contributed by atoms with van der Waals surface area (Å²) in [6.45, 7) is 5.18. The quantitative estimate of drug-likeness (QED) is 0.826. The molecule has 0 aromatic heterocycles. The third kappa shape index (κ3) is 3.49. The Morgan fingerprint density at radius 1 is 1.33 bits per heavy atom. The summed E-state index contributed by atoms with van der Waals surface area (Å²) in [6.07, 6.45) is 6.92. The van der Waals surface area contributed by atoms with Crippen molar-refractivity contribution in [3.05, 3.63) is 29.3 Å². The van der Waals surface area contributed by atoms with Gasteiger partial charge in [0.05, 0.1) is 0 Å². The Morgan fingerprint density at radius 3 is 2.72 bits per heavy atom. The van der Waals surface area contributed by atoms with Crippen LogP contribution >= 0.6 is 0 Å². The van der Waals surface area contributed by atoms with E-state index in [9.17, 15) is 5.11 Å². The van der Waals surface area contributed by atoms with Crippen LogP contribution in [0, 0.1) is 12.8 Å². The molecule has 18 heavy (non-hydrogen) atoms. The van der Waals surface area contributed by atoms with Crippen molar-refractivity contribution >= 4 is 0 Å². The van der Waals surface area contributed by atoms with Crippen LogP contribution < -0.4 is 5.32 Å². The molecule has 1 aliphatic rings. The number of aryl methyl sites for hydroxylation is 1. The maximum atomic E-state index is 9.93. The summed E-state index contributed by atoms with van der Waals surface area (Å²) in [5, 5.41) is 13.5. The first-order valence-electron chi connectivity index (χ1n) is 7.19. The van der Waals surface area contributed by atoms with Crippen LogP contribution in [-0.2, 0) is 0 Å². The van der Waals surface area contributed by atoms with Crippen molar-refractivity contribution in [1.29, 1.82) is 0 Å². The minimum atomic E-state index is 0.229. The van der Waals surface area contributed by atoms with E-state index in [0.717, 1.165) is 23.6 Å². The summed E-state index contributed by atoms with van der Waals surface area (Å²) in [5.41, 5.74) is 2.11. The van der Waals surface area contributed by atoms with E-state index < -0.39 is 0 Å². The van der Waals surface area contributed by atoms with Crippen molar-refractivity contribution in [2.45, 2.75) is 52.0 Å². The van der Waals surface area contributed by atoms with Gasteiger partial charge in [0.1, 0.15) is 5.75 Å². The van der Waals surface area contributed by atoms with E-state index >= 15 is 0 Å². The van der Waals surface area contributed by atoms with Crippen LogP contribution in [0.3, 0.4) is 0 Å². The van der Waals surface area contributed by atoms with Gasteiger partial charge in [-0.2, -0.15) is 0 Å². The van der Waals surface area contributed by atoms with Crippen molar-refractivity contribution in [1.82, 2.24) is 5.32 Å². The Labute approximate surface area is 110 Å². The predicted octanol–water partition coefficient (Wildman–Crippen LogP) is 3.93. The second kappa shape index (κ2) is 6.24. The minimum absolute atomic E-state index is 0.229. The lowest BCUT2D eigenvalue weighted by Gasteiger charge is -2.17. The summed E-state index contributed by atoms with van der Waals surface area (Å²) >= 11 is 0. The molecule has 1 aliphatic carbocycles. The highest BCUT2D eigenvalue weighted by molar-refractivity contribution is 5.37. The molecule has 1 aromatic rings. The van der Waals surface area contributed by atoms with Crippen LogP contribution in [0.1, 0.15) is 56.2 Å². The average Bonchev–Trinajstić information content (AvgIpc) is 2.81. The van der Waals surface area contributed by atoms with E-state index in [-0.39, 0.29) is 6.04 Å². The molecular formula is C16H25NO. The first kappa shape index (κ1) is 13.4. The molecule has 0 bridgehead atoms. The van der Waals surface area contributed by atoms with Gasteiger partial charge >= 0.3 is 0 Å². The standard InChI is InChI=1S/C16H25NO/c1-12-7-8-15(16(18)11-12)13(2)17-10-9-14-5-3-4-6-14/h7-8,11,13-14,17-18H,3-6,9-10H2,1-2H3. The van der Waals surface area contributed by atoms with Gasteiger partial charge in [-0.1, -0.05) is 37.8 Å². The van der Waals surface area contributed by atoms with Gasteiger partial charge < -0.3 is 10.4 Å². The fourth-order valence-electron chi connectivity index (χ4n) is 2.93. The lowest BCUT2D eigenvalue weighted by Crippen LogP contribution is -2.21. The van der Waals surface area contributed by atoms with Gasteiger partial charge in [-0.3, -0.25) is 0 Å². The van der Waals surface area contributed by atoms with Gasteiger partial charge in [-0.05, 0) is 44.4 Å². The third-order valence-electron chi connectivity index (χ3n) is 4.13. The van der Waals surface area contributed by atoms with Crippen molar-refractivity contribution < 1.29 is 5.11 Å². The lowest BCUT2D eigenvalue weighted by molar-refractivity contribution is 0.433. The Balaban J connectivity index is 1.81. The molecule has 0 spiro atoms. The van der Waals surface area contributed by atoms with E-state index in [4.69, 9.17) is 0 Å². The molecule has 1 atom stereocenters. The summed E-state index contributed by atoms with van der Waals surface area (Å²) in [7, 11) is 0. The molecule has 2 heteroatoms. The normalized spacial score (nSPS) is 18.1. The van der Waals surface area contributed by atoms with Crippen LogP contribution in [-0.4, -0.2) is 11.7 Å². The maximum absolute atomic E-state index is 9.93. The second-order valence-electron chi connectivity index (χ2n) is 5.68. The van der Waals surface area contributed by atoms with Gasteiger partial charge in [-0.15, -0.1) is 0 Å². The first-order valence-corrected chi connectivity index (χ1v) is 7.19. The van der Waals surface area contributed by atoms with Crippen molar-refractivity contribution in [3.63, 3.8) is 0 Å². The number of nitrogens with one attached hydrogen (secondary N) is 1. The first-order chi connectivity index (χ1) is 8.66. The highest BCUT2D eigenvalue weighted by Gasteiger charge is 2.15. The van der Waals surface area contributed by atoms with E-state index in [1.807, 2.05) is 19.1 Å². The molecule has 1 fully saturated rings. The third-order valence-corrected chi connectivity index (χ3v) is 4.13. The van der Waals surface area contributed by atoms with Crippen LogP contribution in [0.5, 0.6) is 5.75 Å². The Kier molecular flexibility index (Phi) is 4.65. The number of phenolic OH excluding ortho intramolecular Hbond substituents is 1. The van der Waals surface area contributed by atoms with Crippen LogP contribution in [0.15, 0.2) is 18.2 Å². The van der Waals surface area contributed by atoms with Gasteiger partial charge in [0, 0.05) is 11.6 Å². The molecule has 100 valence electrons. The molecule has 0 radical (unpaired) electrons. The van der Waals surface area contributed by atoms with E-state index in [2.05, 4.69) is 18.3 Å². The number of phenols is 1. The van der Waals surface area contributed by atoms with Gasteiger partial charge in [0.25, 0.3) is 0 Å². The SMILES string of the molecule is Cc1ccc(C(C)NCCC2CCCC2)c(O)c1. The monoisotopic (exact) mass is 247 g/mol.